The number of nitrogens with zero attached hydrogens (tertiary/aromatic N) is 2. The quantitative estimate of drug-likeness (QED) is 0.789. The van der Waals surface area contributed by atoms with Gasteiger partial charge < -0.3 is 9.26 Å². The molecule has 92 valence electrons. The summed E-state index contributed by atoms with van der Waals surface area (Å²) in [5.74, 6) is 1.88. The first-order valence-corrected chi connectivity index (χ1v) is 6.54. The molecule has 17 heavy (non-hydrogen) atoms. The molecule has 0 amide bonds. The van der Waals surface area contributed by atoms with E-state index < -0.39 is 0 Å². The lowest BCUT2D eigenvalue weighted by molar-refractivity contribution is 0.192. The van der Waals surface area contributed by atoms with Crippen LogP contribution in [0.1, 0.15) is 56.2 Å². The Morgan fingerprint density at radius 1 is 1.24 bits per heavy atom. The molecule has 1 aliphatic carbocycles. The molecule has 4 heteroatoms. The summed E-state index contributed by atoms with van der Waals surface area (Å²) < 4.78 is 10.7. The third-order valence-corrected chi connectivity index (χ3v) is 3.55. The van der Waals surface area contributed by atoms with Gasteiger partial charge in [0.2, 0.25) is 0 Å². The first kappa shape index (κ1) is 11.0. The standard InChI is InChI=1S/C13H18N2O2/c1-2-4-6-10(5-3-1)13-14-12(15-17-13)11-7-8-16-9-11/h5,11H,1-4,6-9H2/t11-/m1/s1. The lowest BCUT2D eigenvalue weighted by atomic mass is 10.1. The van der Waals surface area contributed by atoms with E-state index in [0.717, 1.165) is 44.2 Å². The fourth-order valence-electron chi connectivity index (χ4n) is 2.48. The summed E-state index contributed by atoms with van der Waals surface area (Å²) in [7, 11) is 0. The second kappa shape index (κ2) is 5.00. The van der Waals surface area contributed by atoms with Crippen molar-refractivity contribution in [2.75, 3.05) is 13.2 Å². The summed E-state index contributed by atoms with van der Waals surface area (Å²) >= 11 is 0. The van der Waals surface area contributed by atoms with E-state index in [-0.39, 0.29) is 0 Å². The molecule has 1 aliphatic heterocycles. The van der Waals surface area contributed by atoms with E-state index in [4.69, 9.17) is 9.26 Å². The molecule has 0 spiro atoms. The van der Waals surface area contributed by atoms with Crippen LogP contribution in [-0.2, 0) is 4.74 Å². The summed E-state index contributed by atoms with van der Waals surface area (Å²) in [6.45, 7) is 1.55. The van der Waals surface area contributed by atoms with Crippen LogP contribution in [0.4, 0.5) is 0 Å². The third-order valence-electron chi connectivity index (χ3n) is 3.55. The molecule has 1 aromatic rings. The van der Waals surface area contributed by atoms with Gasteiger partial charge in [0.05, 0.1) is 6.61 Å². The zero-order chi connectivity index (χ0) is 11.5. The number of hydrogen-bond donors (Lipinski definition) is 0. The predicted molar refractivity (Wildman–Crippen MR) is 63.5 cm³/mol. The minimum Gasteiger partial charge on any atom is -0.381 e. The Bertz CT molecular complexity index is 405. The summed E-state index contributed by atoms with van der Waals surface area (Å²) in [5.41, 5.74) is 1.24. The second-order valence-electron chi connectivity index (χ2n) is 4.85. The molecule has 0 saturated carbocycles. The predicted octanol–water partition coefficient (Wildman–Crippen LogP) is 2.92. The first-order valence-electron chi connectivity index (χ1n) is 6.54. The molecular formula is C13H18N2O2. The van der Waals surface area contributed by atoms with Gasteiger partial charge in [-0.2, -0.15) is 4.98 Å². The van der Waals surface area contributed by atoms with E-state index in [1.807, 2.05) is 0 Å². The van der Waals surface area contributed by atoms with E-state index >= 15 is 0 Å². The van der Waals surface area contributed by atoms with Crippen LogP contribution < -0.4 is 0 Å². The largest absolute Gasteiger partial charge is 0.381 e. The molecule has 2 heterocycles. The van der Waals surface area contributed by atoms with Crippen molar-refractivity contribution in [3.8, 4) is 0 Å². The van der Waals surface area contributed by atoms with Gasteiger partial charge in [0.1, 0.15) is 0 Å². The number of allylic oxidation sites excluding steroid dienone is 2. The maximum Gasteiger partial charge on any atom is 0.253 e. The van der Waals surface area contributed by atoms with Crippen molar-refractivity contribution >= 4 is 5.57 Å². The van der Waals surface area contributed by atoms with E-state index in [1.54, 1.807) is 0 Å². The number of rotatable bonds is 2. The van der Waals surface area contributed by atoms with Gasteiger partial charge in [0.15, 0.2) is 5.82 Å². The molecule has 1 fully saturated rings. The van der Waals surface area contributed by atoms with Crippen LogP contribution >= 0.6 is 0 Å². The van der Waals surface area contributed by atoms with Crippen molar-refractivity contribution in [3.05, 3.63) is 17.8 Å². The normalized spacial score (nSPS) is 25.6. The van der Waals surface area contributed by atoms with E-state index in [9.17, 15) is 0 Å². The van der Waals surface area contributed by atoms with Gasteiger partial charge in [0.25, 0.3) is 5.89 Å². The molecule has 0 bridgehead atoms. The number of hydrogen-bond acceptors (Lipinski definition) is 4. The Balaban J connectivity index is 1.76. The Morgan fingerprint density at radius 2 is 2.24 bits per heavy atom. The van der Waals surface area contributed by atoms with Crippen molar-refractivity contribution in [2.45, 2.75) is 44.4 Å². The molecule has 1 saturated heterocycles. The molecule has 0 unspecified atom stereocenters. The van der Waals surface area contributed by atoms with Gasteiger partial charge >= 0.3 is 0 Å². The summed E-state index contributed by atoms with van der Waals surface area (Å²) in [6, 6.07) is 0. The summed E-state index contributed by atoms with van der Waals surface area (Å²) in [6.07, 6.45) is 9.30. The van der Waals surface area contributed by atoms with Gasteiger partial charge in [-0.15, -0.1) is 0 Å². The van der Waals surface area contributed by atoms with Crippen molar-refractivity contribution < 1.29 is 9.26 Å². The smallest absolute Gasteiger partial charge is 0.253 e. The number of ether oxygens (including phenoxy) is 1. The minimum absolute atomic E-state index is 0.332. The van der Waals surface area contributed by atoms with Crippen LogP contribution in [0, 0.1) is 0 Å². The van der Waals surface area contributed by atoms with Crippen LogP contribution in [0.3, 0.4) is 0 Å². The Labute approximate surface area is 101 Å². The highest BCUT2D eigenvalue weighted by atomic mass is 16.5. The van der Waals surface area contributed by atoms with Gasteiger partial charge in [-0.05, 0) is 32.1 Å². The van der Waals surface area contributed by atoms with Crippen LogP contribution in [0.15, 0.2) is 10.6 Å². The average Bonchev–Trinajstić information content (AvgIpc) is 2.95. The maximum atomic E-state index is 5.39. The highest BCUT2D eigenvalue weighted by molar-refractivity contribution is 5.58. The first-order chi connectivity index (χ1) is 8.43. The zero-order valence-electron chi connectivity index (χ0n) is 10.0. The van der Waals surface area contributed by atoms with E-state index in [2.05, 4.69) is 16.2 Å². The van der Waals surface area contributed by atoms with Crippen LogP contribution in [0.2, 0.25) is 0 Å². The summed E-state index contributed by atoms with van der Waals surface area (Å²) in [5, 5.41) is 4.10. The highest BCUT2D eigenvalue weighted by Gasteiger charge is 2.24. The van der Waals surface area contributed by atoms with Crippen LogP contribution in [-0.4, -0.2) is 23.4 Å². The van der Waals surface area contributed by atoms with Crippen molar-refractivity contribution in [3.63, 3.8) is 0 Å². The van der Waals surface area contributed by atoms with E-state index in [1.165, 1.54) is 24.8 Å². The average molecular weight is 234 g/mol. The Morgan fingerprint density at radius 3 is 3.12 bits per heavy atom. The van der Waals surface area contributed by atoms with Crippen molar-refractivity contribution in [1.29, 1.82) is 0 Å². The number of aromatic nitrogens is 2. The van der Waals surface area contributed by atoms with Gasteiger partial charge in [-0.1, -0.05) is 17.7 Å². The third kappa shape index (κ3) is 2.41. The molecule has 0 aromatic carbocycles. The topological polar surface area (TPSA) is 48.2 Å². The minimum atomic E-state index is 0.332. The van der Waals surface area contributed by atoms with Gasteiger partial charge in [-0.25, -0.2) is 0 Å². The molecule has 2 aliphatic rings. The van der Waals surface area contributed by atoms with Crippen molar-refractivity contribution in [1.82, 2.24) is 10.1 Å². The lowest BCUT2D eigenvalue weighted by Crippen LogP contribution is -1.99. The molecule has 3 rings (SSSR count). The molecule has 1 aromatic heterocycles. The van der Waals surface area contributed by atoms with Crippen molar-refractivity contribution in [2.24, 2.45) is 0 Å². The fourth-order valence-corrected chi connectivity index (χ4v) is 2.48. The molecule has 0 radical (unpaired) electrons. The molecule has 0 N–H and O–H groups in total. The van der Waals surface area contributed by atoms with E-state index in [0.29, 0.717) is 5.92 Å². The monoisotopic (exact) mass is 234 g/mol. The maximum absolute atomic E-state index is 5.39. The summed E-state index contributed by atoms with van der Waals surface area (Å²) in [4.78, 5) is 4.53. The van der Waals surface area contributed by atoms with Gasteiger partial charge in [0, 0.05) is 18.1 Å². The molecule has 4 nitrogen and oxygen atoms in total. The Kier molecular flexibility index (Phi) is 3.22. The highest BCUT2D eigenvalue weighted by Crippen LogP contribution is 2.27. The second-order valence-corrected chi connectivity index (χ2v) is 4.85. The van der Waals surface area contributed by atoms with Gasteiger partial charge in [-0.3, -0.25) is 0 Å². The van der Waals surface area contributed by atoms with Crippen LogP contribution in [0.5, 0.6) is 0 Å². The molecule has 1 atom stereocenters. The lowest BCUT2D eigenvalue weighted by Gasteiger charge is -1.99. The Hall–Kier alpha value is -1.16. The fraction of sp³-hybridized carbons (Fsp3) is 0.692. The zero-order valence-corrected chi connectivity index (χ0v) is 10.0. The van der Waals surface area contributed by atoms with Crippen LogP contribution in [0.25, 0.3) is 5.57 Å². The molecular weight excluding hydrogens is 216 g/mol. The SMILES string of the molecule is C1=C(c2nc([C@@H]3CCOC3)no2)CCCCC1.